The average molecular weight is 204 g/mol. The molecule has 0 aliphatic heterocycles. The van der Waals surface area contributed by atoms with E-state index in [9.17, 15) is 9.59 Å². The van der Waals surface area contributed by atoms with Gasteiger partial charge in [0.15, 0.2) is 0 Å². The van der Waals surface area contributed by atoms with Crippen molar-refractivity contribution in [3.8, 4) is 0 Å². The number of nitrogens with one attached hydrogen (secondary N) is 1. The first-order valence-corrected chi connectivity index (χ1v) is 4.52. The zero-order valence-corrected chi connectivity index (χ0v) is 8.65. The standard InChI is InChI=1S/C11H12N2O2/c1-8(11(15)9(2)14)12-13-10-6-4-3-5-7-10/h3-7,13H,1-2H3. The summed E-state index contributed by atoms with van der Waals surface area (Å²) in [5.41, 5.74) is 3.63. The van der Waals surface area contributed by atoms with Gasteiger partial charge in [0, 0.05) is 6.92 Å². The quantitative estimate of drug-likeness (QED) is 0.460. The van der Waals surface area contributed by atoms with Gasteiger partial charge in [0.1, 0.15) is 5.71 Å². The topological polar surface area (TPSA) is 58.5 Å². The number of nitrogens with zero attached hydrogens (tertiary/aromatic N) is 1. The lowest BCUT2D eigenvalue weighted by Crippen LogP contribution is -2.19. The van der Waals surface area contributed by atoms with E-state index >= 15 is 0 Å². The van der Waals surface area contributed by atoms with Gasteiger partial charge >= 0.3 is 0 Å². The fourth-order valence-electron chi connectivity index (χ4n) is 0.967. The van der Waals surface area contributed by atoms with E-state index in [-0.39, 0.29) is 5.71 Å². The normalized spacial score (nSPS) is 10.9. The number of anilines is 1. The second-order valence-corrected chi connectivity index (χ2v) is 3.06. The lowest BCUT2D eigenvalue weighted by molar-refractivity contribution is -0.131. The molecule has 0 amide bonds. The third-order valence-electron chi connectivity index (χ3n) is 1.77. The third-order valence-corrected chi connectivity index (χ3v) is 1.77. The number of carbonyl (C=O) groups excluding carboxylic acids is 2. The second kappa shape index (κ2) is 5.05. The maximum absolute atomic E-state index is 11.1. The van der Waals surface area contributed by atoms with E-state index in [4.69, 9.17) is 0 Å². The number of rotatable bonds is 4. The van der Waals surface area contributed by atoms with E-state index in [1.165, 1.54) is 13.8 Å². The lowest BCUT2D eigenvalue weighted by atomic mass is 10.2. The number of hydrogen-bond acceptors (Lipinski definition) is 4. The maximum atomic E-state index is 11.1. The van der Waals surface area contributed by atoms with Crippen molar-refractivity contribution in [1.29, 1.82) is 0 Å². The predicted molar refractivity (Wildman–Crippen MR) is 58.9 cm³/mol. The summed E-state index contributed by atoms with van der Waals surface area (Å²) in [6, 6.07) is 9.20. The molecule has 0 aliphatic rings. The SMILES string of the molecule is CC(=O)C(=O)C(C)=NNc1ccccc1. The summed E-state index contributed by atoms with van der Waals surface area (Å²) in [5.74, 6) is -1.08. The van der Waals surface area contributed by atoms with Crippen molar-refractivity contribution in [1.82, 2.24) is 0 Å². The van der Waals surface area contributed by atoms with Gasteiger partial charge in [-0.15, -0.1) is 0 Å². The van der Waals surface area contributed by atoms with Gasteiger partial charge in [-0.3, -0.25) is 15.0 Å². The van der Waals surface area contributed by atoms with E-state index < -0.39 is 11.6 Å². The van der Waals surface area contributed by atoms with Crippen molar-refractivity contribution >= 4 is 23.0 Å². The molecule has 0 spiro atoms. The van der Waals surface area contributed by atoms with Gasteiger partial charge in [-0.2, -0.15) is 5.10 Å². The van der Waals surface area contributed by atoms with Crippen molar-refractivity contribution in [2.45, 2.75) is 13.8 Å². The van der Waals surface area contributed by atoms with Gasteiger partial charge in [0.25, 0.3) is 0 Å². The van der Waals surface area contributed by atoms with Gasteiger partial charge < -0.3 is 0 Å². The van der Waals surface area contributed by atoms with Crippen LogP contribution in [0.4, 0.5) is 5.69 Å². The Kier molecular flexibility index (Phi) is 3.74. The van der Waals surface area contributed by atoms with Crippen LogP contribution in [0.15, 0.2) is 35.4 Å². The average Bonchev–Trinajstić information content (AvgIpc) is 2.26. The Morgan fingerprint density at radius 1 is 1.13 bits per heavy atom. The van der Waals surface area contributed by atoms with Crippen LogP contribution < -0.4 is 5.43 Å². The molecule has 15 heavy (non-hydrogen) atoms. The Bertz CT molecular complexity index is 396. The summed E-state index contributed by atoms with van der Waals surface area (Å²) in [6.07, 6.45) is 0. The highest BCUT2D eigenvalue weighted by Crippen LogP contribution is 2.04. The number of Topliss-reactive ketones (excluding diaryl/α,β-unsaturated/α-hetero) is 2. The molecule has 4 heteroatoms. The Morgan fingerprint density at radius 3 is 2.27 bits per heavy atom. The first kappa shape index (κ1) is 11.1. The van der Waals surface area contributed by atoms with E-state index in [0.29, 0.717) is 0 Å². The van der Waals surface area contributed by atoms with Crippen LogP contribution in [0, 0.1) is 0 Å². The minimum atomic E-state index is -0.571. The monoisotopic (exact) mass is 204 g/mol. The van der Waals surface area contributed by atoms with Crippen LogP contribution in [0.2, 0.25) is 0 Å². The van der Waals surface area contributed by atoms with Gasteiger partial charge in [-0.1, -0.05) is 18.2 Å². The van der Waals surface area contributed by atoms with Crippen LogP contribution in [0.5, 0.6) is 0 Å². The van der Waals surface area contributed by atoms with Crippen molar-refractivity contribution < 1.29 is 9.59 Å². The molecular weight excluding hydrogens is 192 g/mol. The summed E-state index contributed by atoms with van der Waals surface area (Å²) >= 11 is 0. The fourth-order valence-corrected chi connectivity index (χ4v) is 0.967. The molecule has 78 valence electrons. The van der Waals surface area contributed by atoms with Crippen molar-refractivity contribution in [3.63, 3.8) is 0 Å². The van der Waals surface area contributed by atoms with Crippen LogP contribution >= 0.6 is 0 Å². The Balaban J connectivity index is 2.66. The lowest BCUT2D eigenvalue weighted by Gasteiger charge is -2.00. The van der Waals surface area contributed by atoms with Crippen molar-refractivity contribution in [2.75, 3.05) is 5.43 Å². The first-order chi connectivity index (χ1) is 7.11. The number of benzene rings is 1. The molecule has 1 aromatic rings. The zero-order chi connectivity index (χ0) is 11.3. The van der Waals surface area contributed by atoms with Gasteiger partial charge in [-0.25, -0.2) is 0 Å². The number of ketones is 2. The smallest absolute Gasteiger partial charge is 0.243 e. The molecule has 0 bridgehead atoms. The summed E-state index contributed by atoms with van der Waals surface area (Å²) in [7, 11) is 0. The fraction of sp³-hybridized carbons (Fsp3) is 0.182. The highest BCUT2D eigenvalue weighted by atomic mass is 16.2. The molecule has 0 heterocycles. The molecule has 0 saturated heterocycles. The molecule has 1 N–H and O–H groups in total. The number of hydrazone groups is 1. The molecule has 0 aliphatic carbocycles. The van der Waals surface area contributed by atoms with E-state index in [1.54, 1.807) is 0 Å². The molecule has 1 aromatic carbocycles. The third kappa shape index (κ3) is 3.34. The van der Waals surface area contributed by atoms with E-state index in [1.807, 2.05) is 30.3 Å². The molecule has 4 nitrogen and oxygen atoms in total. The summed E-state index contributed by atoms with van der Waals surface area (Å²) in [4.78, 5) is 21.9. The summed E-state index contributed by atoms with van der Waals surface area (Å²) < 4.78 is 0. The Labute approximate surface area is 88.0 Å². The highest BCUT2D eigenvalue weighted by molar-refractivity contribution is 6.64. The van der Waals surface area contributed by atoms with Gasteiger partial charge in [0.05, 0.1) is 5.69 Å². The molecule has 0 radical (unpaired) electrons. The van der Waals surface area contributed by atoms with E-state index in [0.717, 1.165) is 5.69 Å². The van der Waals surface area contributed by atoms with Crippen LogP contribution in [0.3, 0.4) is 0 Å². The van der Waals surface area contributed by atoms with Crippen LogP contribution in [-0.2, 0) is 9.59 Å². The Morgan fingerprint density at radius 2 is 1.73 bits per heavy atom. The van der Waals surface area contributed by atoms with Crippen molar-refractivity contribution in [2.24, 2.45) is 5.10 Å². The molecule has 0 aromatic heterocycles. The van der Waals surface area contributed by atoms with Gasteiger partial charge in [-0.05, 0) is 19.1 Å². The molecule has 1 rings (SSSR count). The Hall–Kier alpha value is -1.97. The van der Waals surface area contributed by atoms with Crippen molar-refractivity contribution in [3.05, 3.63) is 30.3 Å². The summed E-state index contributed by atoms with van der Waals surface area (Å²) in [5, 5.41) is 3.81. The highest BCUT2D eigenvalue weighted by Gasteiger charge is 2.11. The number of hydrogen-bond donors (Lipinski definition) is 1. The molecular formula is C11H12N2O2. The predicted octanol–water partition coefficient (Wildman–Crippen LogP) is 1.63. The van der Waals surface area contributed by atoms with Crippen LogP contribution in [-0.4, -0.2) is 17.3 Å². The largest absolute Gasteiger partial charge is 0.291 e. The number of para-hydroxylation sites is 1. The molecule has 0 saturated carbocycles. The second-order valence-electron chi connectivity index (χ2n) is 3.06. The minimum Gasteiger partial charge on any atom is -0.291 e. The first-order valence-electron chi connectivity index (χ1n) is 4.52. The molecule has 0 fully saturated rings. The maximum Gasteiger partial charge on any atom is 0.243 e. The van der Waals surface area contributed by atoms with Crippen LogP contribution in [0.1, 0.15) is 13.8 Å². The van der Waals surface area contributed by atoms with E-state index in [2.05, 4.69) is 10.5 Å². The minimum absolute atomic E-state index is 0.159. The van der Waals surface area contributed by atoms with Gasteiger partial charge in [0.2, 0.25) is 11.6 Å². The van der Waals surface area contributed by atoms with Crippen LogP contribution in [0.25, 0.3) is 0 Å². The molecule has 0 atom stereocenters. The number of carbonyl (C=O) groups is 2. The zero-order valence-electron chi connectivity index (χ0n) is 8.65. The molecule has 0 unspecified atom stereocenters. The summed E-state index contributed by atoms with van der Waals surface area (Å²) in [6.45, 7) is 2.73.